The second-order valence-electron chi connectivity index (χ2n) is 7.97. The van der Waals surface area contributed by atoms with E-state index in [9.17, 15) is 0 Å². The maximum absolute atomic E-state index is 6.17. The van der Waals surface area contributed by atoms with Crippen LogP contribution >= 0.6 is 23.1 Å². The van der Waals surface area contributed by atoms with Gasteiger partial charge in [-0.1, -0.05) is 25.6 Å². The van der Waals surface area contributed by atoms with Crippen LogP contribution in [0.4, 0.5) is 5.82 Å². The van der Waals surface area contributed by atoms with Gasteiger partial charge in [-0.25, -0.2) is 9.97 Å². The maximum atomic E-state index is 6.17. The molecule has 0 amide bonds. The number of ether oxygens (including phenoxy) is 2. The van der Waals surface area contributed by atoms with Crippen LogP contribution in [0.3, 0.4) is 0 Å². The van der Waals surface area contributed by atoms with Crippen LogP contribution in [0.2, 0.25) is 0 Å². The number of fused-ring (bicyclic) bond motifs is 3. The van der Waals surface area contributed by atoms with Crippen LogP contribution in [-0.4, -0.2) is 65.6 Å². The van der Waals surface area contributed by atoms with Crippen molar-refractivity contribution in [2.24, 2.45) is 0 Å². The number of thioether (sulfide) groups is 1. The summed E-state index contributed by atoms with van der Waals surface area (Å²) >= 11 is 3.48. The minimum atomic E-state index is -0.0918. The van der Waals surface area contributed by atoms with Crippen molar-refractivity contribution in [2.45, 2.75) is 57.4 Å². The Labute approximate surface area is 181 Å². The van der Waals surface area contributed by atoms with E-state index < -0.39 is 0 Å². The van der Waals surface area contributed by atoms with Crippen molar-refractivity contribution >= 4 is 39.1 Å². The summed E-state index contributed by atoms with van der Waals surface area (Å²) in [6.45, 7) is 13.1. The summed E-state index contributed by atoms with van der Waals surface area (Å²) in [5, 5.41) is 5.74. The van der Waals surface area contributed by atoms with Gasteiger partial charge in [-0.2, -0.15) is 0 Å². The van der Waals surface area contributed by atoms with E-state index in [4.69, 9.17) is 19.4 Å². The highest BCUT2D eigenvalue weighted by Gasteiger charge is 2.33. The number of thiophene rings is 1. The molecule has 0 aromatic carbocycles. The van der Waals surface area contributed by atoms with Gasteiger partial charge in [-0.15, -0.1) is 11.3 Å². The fraction of sp³-hybridized carbons (Fsp3) is 0.714. The second kappa shape index (κ2) is 9.47. The lowest BCUT2D eigenvalue weighted by Crippen LogP contribution is -2.37. The molecule has 1 atom stereocenters. The van der Waals surface area contributed by atoms with Gasteiger partial charge in [-0.3, -0.25) is 4.90 Å². The first-order valence-corrected chi connectivity index (χ1v) is 12.5. The van der Waals surface area contributed by atoms with Crippen LogP contribution in [-0.2, 0) is 22.5 Å². The van der Waals surface area contributed by atoms with Crippen LogP contribution in [0.25, 0.3) is 10.2 Å². The van der Waals surface area contributed by atoms with Crippen molar-refractivity contribution in [3.05, 3.63) is 10.4 Å². The molecular formula is C21H32N4O2S2. The van der Waals surface area contributed by atoms with E-state index in [1.165, 1.54) is 15.8 Å². The van der Waals surface area contributed by atoms with E-state index in [1.54, 1.807) is 23.1 Å². The predicted octanol–water partition coefficient (Wildman–Crippen LogP) is 4.18. The highest BCUT2D eigenvalue weighted by atomic mass is 32.2. The summed E-state index contributed by atoms with van der Waals surface area (Å²) in [4.78, 5) is 14.7. The Hall–Kier alpha value is -0.930. The molecule has 4 heterocycles. The van der Waals surface area contributed by atoms with Gasteiger partial charge in [0.15, 0.2) is 5.16 Å². The zero-order valence-corrected chi connectivity index (χ0v) is 19.4. The second-order valence-corrected chi connectivity index (χ2v) is 10.3. The van der Waals surface area contributed by atoms with Crippen molar-refractivity contribution in [1.82, 2.24) is 14.9 Å². The Morgan fingerprint density at radius 3 is 2.83 bits per heavy atom. The molecule has 4 rings (SSSR count). The summed E-state index contributed by atoms with van der Waals surface area (Å²) in [6, 6.07) is 0. The Bertz CT molecular complexity index is 838. The Balaban J connectivity index is 1.54. The molecule has 1 fully saturated rings. The number of morpholine rings is 1. The number of nitrogens with one attached hydrogen (secondary N) is 1. The average Bonchev–Trinajstić information content (AvgIpc) is 3.09. The standard InChI is InChI=1S/C21H32N4O2S2/c1-4-21(3)13-15-16(14-27-21)29-19-17(15)18(23-20(24-19)28-5-2)22-7-6-8-25-9-11-26-12-10-25/h4-14H2,1-3H3,(H,22,23,24)/t21-/m0/s1. The molecule has 1 saturated heterocycles. The summed E-state index contributed by atoms with van der Waals surface area (Å²) < 4.78 is 11.6. The predicted molar refractivity (Wildman–Crippen MR) is 121 cm³/mol. The minimum absolute atomic E-state index is 0.0918. The molecule has 0 radical (unpaired) electrons. The third kappa shape index (κ3) is 4.88. The number of anilines is 1. The number of nitrogens with zero attached hydrogens (tertiary/aromatic N) is 3. The Morgan fingerprint density at radius 1 is 1.24 bits per heavy atom. The molecule has 2 aromatic rings. The number of hydrogen-bond acceptors (Lipinski definition) is 8. The topological polar surface area (TPSA) is 59.5 Å². The van der Waals surface area contributed by atoms with Gasteiger partial charge in [0.2, 0.25) is 0 Å². The van der Waals surface area contributed by atoms with Crippen LogP contribution in [0.5, 0.6) is 0 Å². The Morgan fingerprint density at radius 2 is 2.07 bits per heavy atom. The first-order valence-electron chi connectivity index (χ1n) is 10.7. The molecule has 1 N–H and O–H groups in total. The van der Waals surface area contributed by atoms with Crippen LogP contribution in [0, 0.1) is 0 Å². The van der Waals surface area contributed by atoms with Crippen LogP contribution in [0.1, 0.15) is 44.1 Å². The first-order chi connectivity index (χ1) is 14.1. The fourth-order valence-electron chi connectivity index (χ4n) is 3.94. The normalized spacial score (nSPS) is 22.7. The fourth-order valence-corrected chi connectivity index (χ4v) is 5.67. The number of hydrogen-bond donors (Lipinski definition) is 1. The van der Waals surface area contributed by atoms with Crippen molar-refractivity contribution in [1.29, 1.82) is 0 Å². The van der Waals surface area contributed by atoms with Gasteiger partial charge in [0.05, 0.1) is 30.8 Å². The lowest BCUT2D eigenvalue weighted by molar-refractivity contribution is -0.0542. The summed E-state index contributed by atoms with van der Waals surface area (Å²) in [5.74, 6) is 1.98. The first kappa shape index (κ1) is 21.3. The van der Waals surface area contributed by atoms with Gasteiger partial charge in [-0.05, 0) is 37.6 Å². The molecule has 0 bridgehead atoms. The average molecular weight is 437 g/mol. The summed E-state index contributed by atoms with van der Waals surface area (Å²) in [6.07, 6.45) is 3.05. The smallest absolute Gasteiger partial charge is 0.190 e. The third-order valence-corrected chi connectivity index (χ3v) is 7.71. The van der Waals surface area contributed by atoms with E-state index in [-0.39, 0.29) is 5.60 Å². The van der Waals surface area contributed by atoms with E-state index in [2.05, 4.69) is 31.0 Å². The third-order valence-electron chi connectivity index (χ3n) is 5.88. The molecular weight excluding hydrogens is 404 g/mol. The zero-order chi connectivity index (χ0) is 20.3. The SMILES string of the molecule is CCSc1nc(NCCCN2CCOCC2)c2c3c(sc2n1)CO[C@@](C)(CC)C3. The van der Waals surface area contributed by atoms with Crippen molar-refractivity contribution in [2.75, 3.05) is 50.5 Å². The van der Waals surface area contributed by atoms with E-state index >= 15 is 0 Å². The zero-order valence-electron chi connectivity index (χ0n) is 17.8. The molecule has 2 aromatic heterocycles. The van der Waals surface area contributed by atoms with Crippen LogP contribution in [0.15, 0.2) is 5.16 Å². The Kier molecular flexibility index (Phi) is 6.96. The number of rotatable bonds is 8. The largest absolute Gasteiger partial charge is 0.379 e. The lowest BCUT2D eigenvalue weighted by atomic mass is 9.90. The minimum Gasteiger partial charge on any atom is -0.379 e. The van der Waals surface area contributed by atoms with Crippen molar-refractivity contribution in [3.63, 3.8) is 0 Å². The van der Waals surface area contributed by atoms with Crippen molar-refractivity contribution < 1.29 is 9.47 Å². The monoisotopic (exact) mass is 436 g/mol. The molecule has 29 heavy (non-hydrogen) atoms. The van der Waals surface area contributed by atoms with Gasteiger partial charge in [0.25, 0.3) is 0 Å². The maximum Gasteiger partial charge on any atom is 0.190 e. The van der Waals surface area contributed by atoms with Gasteiger partial charge < -0.3 is 14.8 Å². The molecule has 0 aliphatic carbocycles. The van der Waals surface area contributed by atoms with Crippen molar-refractivity contribution in [3.8, 4) is 0 Å². The molecule has 0 saturated carbocycles. The molecule has 160 valence electrons. The van der Waals surface area contributed by atoms with Gasteiger partial charge >= 0.3 is 0 Å². The molecule has 8 heteroatoms. The van der Waals surface area contributed by atoms with E-state index in [0.717, 1.165) is 80.2 Å². The highest BCUT2D eigenvalue weighted by molar-refractivity contribution is 7.99. The highest BCUT2D eigenvalue weighted by Crippen LogP contribution is 2.42. The van der Waals surface area contributed by atoms with E-state index in [0.29, 0.717) is 6.61 Å². The van der Waals surface area contributed by atoms with E-state index in [1.807, 2.05) is 0 Å². The molecule has 2 aliphatic heterocycles. The molecule has 6 nitrogen and oxygen atoms in total. The molecule has 2 aliphatic rings. The quantitative estimate of drug-likeness (QED) is 0.378. The van der Waals surface area contributed by atoms with Gasteiger partial charge in [0.1, 0.15) is 10.6 Å². The molecule has 0 spiro atoms. The van der Waals surface area contributed by atoms with Gasteiger partial charge in [0, 0.05) is 30.9 Å². The van der Waals surface area contributed by atoms with Crippen LogP contribution < -0.4 is 5.32 Å². The lowest BCUT2D eigenvalue weighted by Gasteiger charge is -2.33. The molecule has 0 unspecified atom stereocenters. The number of aromatic nitrogens is 2. The summed E-state index contributed by atoms with van der Waals surface area (Å²) in [7, 11) is 0. The summed E-state index contributed by atoms with van der Waals surface area (Å²) in [5.41, 5.74) is 1.30.